The molecule has 1 aliphatic rings. The van der Waals surface area contributed by atoms with Crippen molar-refractivity contribution >= 4 is 5.71 Å². The van der Waals surface area contributed by atoms with E-state index in [1.807, 2.05) is 12.4 Å². The average molecular weight is 292 g/mol. The molecule has 1 aliphatic heterocycles. The van der Waals surface area contributed by atoms with Gasteiger partial charge in [-0.1, -0.05) is 51.0 Å². The van der Waals surface area contributed by atoms with Gasteiger partial charge in [0.25, 0.3) is 0 Å². The van der Waals surface area contributed by atoms with Crippen LogP contribution >= 0.6 is 0 Å². The molecule has 2 nitrogen and oxygen atoms in total. The molecule has 0 amide bonds. The Morgan fingerprint density at radius 1 is 0.955 bits per heavy atom. The van der Waals surface area contributed by atoms with Gasteiger partial charge in [0.2, 0.25) is 0 Å². The fourth-order valence-electron chi connectivity index (χ4n) is 3.67. The Balaban J connectivity index is 2.14. The van der Waals surface area contributed by atoms with Gasteiger partial charge in [-0.25, -0.2) is 0 Å². The Kier molecular flexibility index (Phi) is 4.37. The lowest BCUT2D eigenvalue weighted by atomic mass is 9.78. The van der Waals surface area contributed by atoms with Crippen molar-refractivity contribution in [2.75, 3.05) is 0 Å². The topological polar surface area (TPSA) is 25.2 Å². The molecule has 0 unspecified atom stereocenters. The third-order valence-corrected chi connectivity index (χ3v) is 4.53. The van der Waals surface area contributed by atoms with Crippen molar-refractivity contribution in [2.45, 2.75) is 51.5 Å². The smallest absolute Gasteiger partial charge is 0.0729 e. The highest BCUT2D eigenvalue weighted by Gasteiger charge is 2.33. The van der Waals surface area contributed by atoms with E-state index in [4.69, 9.17) is 4.99 Å². The maximum atomic E-state index is 5.29. The van der Waals surface area contributed by atoms with E-state index in [0.29, 0.717) is 0 Å². The number of hydrogen-bond acceptors (Lipinski definition) is 2. The van der Waals surface area contributed by atoms with Gasteiger partial charge in [-0.05, 0) is 37.0 Å². The van der Waals surface area contributed by atoms with Crippen molar-refractivity contribution in [3.63, 3.8) is 0 Å². The van der Waals surface area contributed by atoms with Crippen molar-refractivity contribution < 1.29 is 0 Å². The van der Waals surface area contributed by atoms with E-state index in [1.54, 1.807) is 0 Å². The summed E-state index contributed by atoms with van der Waals surface area (Å²) in [7, 11) is 0. The Bertz CT molecular complexity index is 652. The zero-order valence-corrected chi connectivity index (χ0v) is 13.5. The summed E-state index contributed by atoms with van der Waals surface area (Å²) < 4.78 is 0. The summed E-state index contributed by atoms with van der Waals surface area (Å²) in [6.45, 7) is 4.53. The summed E-state index contributed by atoms with van der Waals surface area (Å²) in [5.74, 6) is 0. The second-order valence-electron chi connectivity index (χ2n) is 6.25. The first-order chi connectivity index (χ1) is 10.8. The summed E-state index contributed by atoms with van der Waals surface area (Å²) in [5, 5.41) is 0. The molecule has 0 N–H and O–H groups in total. The van der Waals surface area contributed by atoms with Gasteiger partial charge in [0.15, 0.2) is 0 Å². The molecule has 0 spiro atoms. The van der Waals surface area contributed by atoms with Gasteiger partial charge >= 0.3 is 0 Å². The minimum atomic E-state index is 0.0659. The maximum absolute atomic E-state index is 5.29. The second kappa shape index (κ2) is 6.43. The highest BCUT2D eigenvalue weighted by molar-refractivity contribution is 6.14. The zero-order chi connectivity index (χ0) is 15.4. The fraction of sp³-hybridized carbons (Fsp3) is 0.400. The van der Waals surface area contributed by atoms with Crippen LogP contribution in [0, 0.1) is 0 Å². The van der Waals surface area contributed by atoms with Crippen LogP contribution in [0.25, 0.3) is 0 Å². The monoisotopic (exact) mass is 292 g/mol. The molecule has 3 rings (SSSR count). The molecule has 0 radical (unpaired) electrons. The summed E-state index contributed by atoms with van der Waals surface area (Å²) in [4.78, 5) is 9.44. The first kappa shape index (κ1) is 15.0. The lowest BCUT2D eigenvalue weighted by Gasteiger charge is -2.35. The van der Waals surface area contributed by atoms with Gasteiger partial charge in [-0.15, -0.1) is 0 Å². The number of hydrogen-bond donors (Lipinski definition) is 0. The van der Waals surface area contributed by atoms with E-state index in [0.717, 1.165) is 25.0 Å². The number of fused-ring (bicyclic) bond motifs is 1. The largest absolute Gasteiger partial charge is 0.277 e. The third kappa shape index (κ3) is 2.83. The van der Waals surface area contributed by atoms with Gasteiger partial charge < -0.3 is 0 Å². The molecule has 1 aromatic heterocycles. The van der Waals surface area contributed by atoms with Gasteiger partial charge in [-0.2, -0.15) is 0 Å². The van der Waals surface area contributed by atoms with Crippen LogP contribution in [0.1, 0.15) is 56.2 Å². The molecule has 2 aromatic rings. The summed E-state index contributed by atoms with van der Waals surface area (Å²) in [5.41, 5.74) is 5.11. The normalized spacial score (nSPS) is 16.0. The predicted molar refractivity (Wildman–Crippen MR) is 92.6 cm³/mol. The van der Waals surface area contributed by atoms with Crippen molar-refractivity contribution in [3.05, 3.63) is 65.5 Å². The minimum absolute atomic E-state index is 0.0659. The Morgan fingerprint density at radius 3 is 2.32 bits per heavy atom. The highest BCUT2D eigenvalue weighted by atomic mass is 14.9. The molecular formula is C20H24N2. The van der Waals surface area contributed by atoms with Crippen LogP contribution in [-0.2, 0) is 6.42 Å². The SMILES string of the molecule is CCCC1(CCC)Cc2ccccc2C(c2ccncc2)=N1. The number of pyridine rings is 1. The Labute approximate surface area is 133 Å². The van der Waals surface area contributed by atoms with Crippen LogP contribution in [-0.4, -0.2) is 16.2 Å². The van der Waals surface area contributed by atoms with Crippen molar-refractivity contribution in [2.24, 2.45) is 4.99 Å². The number of aliphatic imine (C=N–C) groups is 1. The van der Waals surface area contributed by atoms with Gasteiger partial charge in [0, 0.05) is 23.5 Å². The van der Waals surface area contributed by atoms with Crippen molar-refractivity contribution in [1.82, 2.24) is 4.98 Å². The summed E-state index contributed by atoms with van der Waals surface area (Å²) >= 11 is 0. The van der Waals surface area contributed by atoms with Crippen LogP contribution in [0.15, 0.2) is 53.8 Å². The molecule has 0 atom stereocenters. The predicted octanol–water partition coefficient (Wildman–Crippen LogP) is 4.81. The quantitative estimate of drug-likeness (QED) is 0.776. The molecule has 2 heteroatoms. The van der Waals surface area contributed by atoms with Crippen LogP contribution in [0.5, 0.6) is 0 Å². The van der Waals surface area contributed by atoms with Crippen molar-refractivity contribution in [3.8, 4) is 0 Å². The van der Waals surface area contributed by atoms with E-state index >= 15 is 0 Å². The Morgan fingerprint density at radius 2 is 1.64 bits per heavy atom. The average Bonchev–Trinajstić information content (AvgIpc) is 2.55. The van der Waals surface area contributed by atoms with E-state index in [9.17, 15) is 0 Å². The third-order valence-electron chi connectivity index (χ3n) is 4.53. The van der Waals surface area contributed by atoms with Gasteiger partial charge in [-0.3, -0.25) is 9.98 Å². The summed E-state index contributed by atoms with van der Waals surface area (Å²) in [6, 6.07) is 12.9. The van der Waals surface area contributed by atoms with E-state index in [1.165, 1.54) is 29.5 Å². The maximum Gasteiger partial charge on any atom is 0.0729 e. The number of aromatic nitrogens is 1. The van der Waals surface area contributed by atoms with Gasteiger partial charge in [0.1, 0.15) is 0 Å². The molecule has 0 saturated heterocycles. The van der Waals surface area contributed by atoms with Crippen LogP contribution in [0.4, 0.5) is 0 Å². The van der Waals surface area contributed by atoms with E-state index in [2.05, 4.69) is 55.2 Å². The first-order valence-corrected chi connectivity index (χ1v) is 8.36. The number of benzene rings is 1. The molecule has 2 heterocycles. The van der Waals surface area contributed by atoms with Crippen LogP contribution in [0.2, 0.25) is 0 Å². The fourth-order valence-corrected chi connectivity index (χ4v) is 3.67. The standard InChI is InChI=1S/C20H24N2/c1-3-11-20(12-4-2)15-17-7-5-6-8-18(17)19(22-20)16-9-13-21-14-10-16/h5-10,13-14H,3-4,11-12,15H2,1-2H3. The lowest BCUT2D eigenvalue weighted by molar-refractivity contribution is 0.354. The van der Waals surface area contributed by atoms with Crippen LogP contribution < -0.4 is 0 Å². The summed E-state index contributed by atoms with van der Waals surface area (Å²) in [6.07, 6.45) is 9.45. The zero-order valence-electron chi connectivity index (χ0n) is 13.5. The molecule has 0 saturated carbocycles. The lowest BCUT2D eigenvalue weighted by Crippen LogP contribution is -2.35. The highest BCUT2D eigenvalue weighted by Crippen LogP contribution is 2.36. The minimum Gasteiger partial charge on any atom is -0.277 e. The van der Waals surface area contributed by atoms with Gasteiger partial charge in [0.05, 0.1) is 11.3 Å². The molecule has 0 fully saturated rings. The van der Waals surface area contributed by atoms with Crippen molar-refractivity contribution in [1.29, 1.82) is 0 Å². The molecular weight excluding hydrogens is 268 g/mol. The second-order valence-corrected chi connectivity index (χ2v) is 6.25. The Hall–Kier alpha value is -1.96. The molecule has 1 aromatic carbocycles. The molecule has 0 bridgehead atoms. The van der Waals surface area contributed by atoms with E-state index < -0.39 is 0 Å². The first-order valence-electron chi connectivity index (χ1n) is 8.36. The van der Waals surface area contributed by atoms with Crippen LogP contribution in [0.3, 0.4) is 0 Å². The molecule has 22 heavy (non-hydrogen) atoms. The van der Waals surface area contributed by atoms with E-state index in [-0.39, 0.29) is 5.54 Å². The molecule has 0 aliphatic carbocycles. The number of rotatable bonds is 5. The molecule has 114 valence electrons. The number of nitrogens with zero attached hydrogens (tertiary/aromatic N) is 2.